The monoisotopic (exact) mass is 585 g/mol. The van der Waals surface area contributed by atoms with Crippen molar-refractivity contribution in [1.29, 1.82) is 0 Å². The summed E-state index contributed by atoms with van der Waals surface area (Å²) in [6, 6.07) is 9.74. The lowest BCUT2D eigenvalue weighted by atomic mass is 10.0. The Labute approximate surface area is 248 Å². The number of anilines is 2. The second-order valence-electron chi connectivity index (χ2n) is 10.9. The molecule has 1 aliphatic rings. The van der Waals surface area contributed by atoms with Gasteiger partial charge in [-0.25, -0.2) is 9.97 Å². The lowest BCUT2D eigenvalue weighted by Gasteiger charge is -2.30. The number of carbonyl (C=O) groups is 1. The lowest BCUT2D eigenvalue weighted by Crippen LogP contribution is -2.33. The number of benzene rings is 1. The molecule has 1 saturated heterocycles. The van der Waals surface area contributed by atoms with Gasteiger partial charge in [-0.1, -0.05) is 25.1 Å². The predicted molar refractivity (Wildman–Crippen MR) is 163 cm³/mol. The Morgan fingerprint density at radius 2 is 2.10 bits per heavy atom. The molecule has 5 heterocycles. The van der Waals surface area contributed by atoms with Crippen molar-refractivity contribution in [1.82, 2.24) is 38.7 Å². The average Bonchev–Trinajstić information content (AvgIpc) is 3.72. The third kappa shape index (κ3) is 6.29. The maximum Gasteiger partial charge on any atom is 0.242 e. The van der Waals surface area contributed by atoms with Crippen LogP contribution in [0.1, 0.15) is 36.7 Å². The van der Waals surface area contributed by atoms with Crippen molar-refractivity contribution >= 4 is 33.9 Å². The van der Waals surface area contributed by atoms with Crippen molar-refractivity contribution < 1.29 is 9.53 Å². The molecule has 6 rings (SSSR count). The molecule has 1 unspecified atom stereocenters. The second-order valence-corrected chi connectivity index (χ2v) is 11.7. The number of likely N-dealkylation sites (tertiary alicyclic amines) is 1. The predicted octanol–water partition coefficient (Wildman–Crippen LogP) is 4.66. The number of aryl methyl sites for hydroxylation is 1. The summed E-state index contributed by atoms with van der Waals surface area (Å²) in [4.78, 5) is 24.5. The Morgan fingerprint density at radius 3 is 2.95 bits per heavy atom. The molecule has 0 saturated carbocycles. The summed E-state index contributed by atoms with van der Waals surface area (Å²) in [6.45, 7) is 7.89. The number of imidazole rings is 1. The zero-order valence-corrected chi connectivity index (χ0v) is 24.9. The largest absolute Gasteiger partial charge is 0.496 e. The number of para-hydroxylation sites is 1. The topological polar surface area (TPSA) is 114 Å². The maximum absolute atomic E-state index is 12.6. The van der Waals surface area contributed by atoms with E-state index in [-0.39, 0.29) is 12.5 Å². The summed E-state index contributed by atoms with van der Waals surface area (Å²) in [7, 11) is 1.62. The van der Waals surface area contributed by atoms with E-state index in [1.807, 2.05) is 48.0 Å². The number of amides is 1. The summed E-state index contributed by atoms with van der Waals surface area (Å²) < 4.78 is 13.7. The normalized spacial score (nSPS) is 15.6. The van der Waals surface area contributed by atoms with E-state index in [1.54, 1.807) is 24.2 Å². The average molecular weight is 586 g/mol. The first kappa shape index (κ1) is 27.9. The van der Waals surface area contributed by atoms with Gasteiger partial charge >= 0.3 is 0 Å². The molecule has 12 heteroatoms. The fourth-order valence-electron chi connectivity index (χ4n) is 5.46. The molecule has 1 atom stereocenters. The van der Waals surface area contributed by atoms with Gasteiger partial charge < -0.3 is 15.4 Å². The van der Waals surface area contributed by atoms with Crippen LogP contribution in [0.3, 0.4) is 0 Å². The van der Waals surface area contributed by atoms with Gasteiger partial charge in [0.1, 0.15) is 17.3 Å². The van der Waals surface area contributed by atoms with Gasteiger partial charge in [-0.3, -0.25) is 18.8 Å². The number of aromatic nitrogens is 6. The molecule has 1 fully saturated rings. The Hall–Kier alpha value is -4.29. The quantitative estimate of drug-likeness (QED) is 0.243. The highest BCUT2D eigenvalue weighted by molar-refractivity contribution is 7.10. The lowest BCUT2D eigenvalue weighted by molar-refractivity contribution is -0.122. The SMILES string of the molecule is COc1ccccc1CNC(=O)Cn1cc(-c2cnc3c(Nc4cc(CN5CCCC(C)C5)ns4)nc(C)cn23)cn1. The zero-order valence-electron chi connectivity index (χ0n) is 24.1. The minimum absolute atomic E-state index is 0.101. The first-order chi connectivity index (χ1) is 20.4. The van der Waals surface area contributed by atoms with Crippen molar-refractivity contribution in [2.75, 3.05) is 25.5 Å². The Kier molecular flexibility index (Phi) is 8.15. The molecule has 1 aromatic carbocycles. The van der Waals surface area contributed by atoms with Crippen LogP contribution in [0.4, 0.5) is 10.8 Å². The summed E-state index contributed by atoms with van der Waals surface area (Å²) >= 11 is 1.44. The van der Waals surface area contributed by atoms with Crippen LogP contribution in [0.15, 0.2) is 55.1 Å². The van der Waals surface area contributed by atoms with Gasteiger partial charge in [0.15, 0.2) is 11.5 Å². The van der Waals surface area contributed by atoms with Gasteiger partial charge in [-0.2, -0.15) is 9.47 Å². The van der Waals surface area contributed by atoms with Crippen LogP contribution in [0.2, 0.25) is 0 Å². The van der Waals surface area contributed by atoms with Crippen molar-refractivity contribution in [3.05, 3.63) is 72.1 Å². The molecule has 0 radical (unpaired) electrons. The molecule has 0 aliphatic carbocycles. The number of nitrogens with zero attached hydrogens (tertiary/aromatic N) is 7. The first-order valence-electron chi connectivity index (χ1n) is 14.2. The maximum atomic E-state index is 12.6. The van der Waals surface area contributed by atoms with Gasteiger partial charge in [0, 0.05) is 43.2 Å². The summed E-state index contributed by atoms with van der Waals surface area (Å²) in [5.74, 6) is 2.02. The third-order valence-corrected chi connectivity index (χ3v) is 8.19. The van der Waals surface area contributed by atoms with Crippen LogP contribution in [0, 0.1) is 12.8 Å². The number of piperidine rings is 1. The second kappa shape index (κ2) is 12.3. The molecule has 0 spiro atoms. The first-order valence-corrected chi connectivity index (χ1v) is 14.9. The van der Waals surface area contributed by atoms with E-state index in [2.05, 4.69) is 43.0 Å². The third-order valence-electron chi connectivity index (χ3n) is 7.44. The molecule has 4 aromatic heterocycles. The highest BCUT2D eigenvalue weighted by Crippen LogP contribution is 2.28. The molecule has 0 bridgehead atoms. The minimum Gasteiger partial charge on any atom is -0.496 e. The van der Waals surface area contributed by atoms with Crippen LogP contribution in [0.25, 0.3) is 16.9 Å². The van der Waals surface area contributed by atoms with E-state index in [9.17, 15) is 4.79 Å². The van der Waals surface area contributed by atoms with Crippen molar-refractivity contribution in [2.45, 2.75) is 46.3 Å². The smallest absolute Gasteiger partial charge is 0.242 e. The molecule has 1 amide bonds. The number of hydrogen-bond acceptors (Lipinski definition) is 9. The number of methoxy groups -OCH3 is 1. The Balaban J connectivity index is 1.13. The van der Waals surface area contributed by atoms with Gasteiger partial charge in [-0.15, -0.1) is 0 Å². The molecule has 11 nitrogen and oxygen atoms in total. The number of hydrogen-bond donors (Lipinski definition) is 2. The van der Waals surface area contributed by atoms with Gasteiger partial charge in [0.05, 0.1) is 36.6 Å². The number of rotatable bonds is 10. The van der Waals surface area contributed by atoms with E-state index in [4.69, 9.17) is 9.72 Å². The molecule has 218 valence electrons. The Bertz CT molecular complexity index is 1690. The fraction of sp³-hybridized carbons (Fsp3) is 0.367. The number of ether oxygens (including phenoxy) is 1. The zero-order chi connectivity index (χ0) is 29.1. The molecular weight excluding hydrogens is 550 g/mol. The van der Waals surface area contributed by atoms with Crippen molar-refractivity contribution in [3.8, 4) is 17.0 Å². The molecule has 42 heavy (non-hydrogen) atoms. The highest BCUT2D eigenvalue weighted by Gasteiger charge is 2.19. The van der Waals surface area contributed by atoms with Crippen LogP contribution in [-0.4, -0.2) is 59.5 Å². The van der Waals surface area contributed by atoms with E-state index >= 15 is 0 Å². The van der Waals surface area contributed by atoms with Gasteiger partial charge in [-0.05, 0) is 55.9 Å². The molecule has 5 aromatic rings. The van der Waals surface area contributed by atoms with Crippen LogP contribution in [-0.2, 0) is 24.4 Å². The summed E-state index contributed by atoms with van der Waals surface area (Å²) in [6.07, 6.45) is 9.92. The molecule has 1 aliphatic heterocycles. The minimum atomic E-state index is -0.140. The Morgan fingerprint density at radius 1 is 1.21 bits per heavy atom. The van der Waals surface area contributed by atoms with Crippen LogP contribution >= 0.6 is 11.5 Å². The summed E-state index contributed by atoms with van der Waals surface area (Å²) in [5, 5.41) is 11.7. The highest BCUT2D eigenvalue weighted by atomic mass is 32.1. The van der Waals surface area contributed by atoms with E-state index in [1.165, 1.54) is 24.4 Å². The van der Waals surface area contributed by atoms with E-state index in [0.717, 1.165) is 64.5 Å². The van der Waals surface area contributed by atoms with E-state index < -0.39 is 0 Å². The van der Waals surface area contributed by atoms with E-state index in [0.29, 0.717) is 18.0 Å². The van der Waals surface area contributed by atoms with Crippen LogP contribution in [0.5, 0.6) is 5.75 Å². The fourth-order valence-corrected chi connectivity index (χ4v) is 6.11. The van der Waals surface area contributed by atoms with Crippen molar-refractivity contribution in [3.63, 3.8) is 0 Å². The van der Waals surface area contributed by atoms with Gasteiger partial charge in [0.2, 0.25) is 5.91 Å². The number of nitrogens with one attached hydrogen (secondary N) is 2. The number of carbonyl (C=O) groups excluding carboxylic acids is 1. The summed E-state index contributed by atoms with van der Waals surface area (Å²) in [5.41, 5.74) is 5.26. The standard InChI is InChI=1S/C30H35N9O2S/c1-20-7-6-10-37(15-20)18-24-11-28(42-36-24)35-29-30-32-14-25(39(30)16-21(2)34-29)23-13-33-38(17-23)19-27(40)31-12-22-8-4-5-9-26(22)41-3/h4-5,8-9,11,13-14,16-17,20H,6-7,10,12,15,18-19H2,1-3H3,(H,31,40)(H,34,35). The van der Waals surface area contributed by atoms with Crippen molar-refractivity contribution in [2.24, 2.45) is 5.92 Å². The molecular formula is C30H35N9O2S. The van der Waals surface area contributed by atoms with Crippen LogP contribution < -0.4 is 15.4 Å². The number of fused-ring (bicyclic) bond motifs is 1. The molecule has 2 N–H and O–H groups in total. The van der Waals surface area contributed by atoms with Gasteiger partial charge in [0.25, 0.3) is 0 Å².